The van der Waals surface area contributed by atoms with Crippen molar-refractivity contribution in [1.29, 1.82) is 0 Å². The third kappa shape index (κ3) is 3.95. The molecule has 0 aromatic heterocycles. The van der Waals surface area contributed by atoms with E-state index in [0.29, 0.717) is 23.9 Å². The molecule has 2 N–H and O–H groups in total. The maximum atomic E-state index is 12.9. The molecule has 0 bridgehead atoms. The smallest absolute Gasteiger partial charge is 0.137 e. The van der Waals surface area contributed by atoms with Gasteiger partial charge < -0.3 is 10.5 Å². The first kappa shape index (κ1) is 14.8. The Morgan fingerprint density at radius 3 is 2.45 bits per heavy atom. The van der Waals surface area contributed by atoms with E-state index in [0.717, 1.165) is 12.0 Å². The third-order valence-electron chi connectivity index (χ3n) is 3.19. The maximum Gasteiger partial charge on any atom is 0.137 e. The molecule has 2 aromatic carbocycles. The second-order valence-electron chi connectivity index (χ2n) is 4.55. The van der Waals surface area contributed by atoms with Crippen LogP contribution in [0.25, 0.3) is 0 Å². The lowest BCUT2D eigenvalue weighted by molar-refractivity contribution is 0.298. The number of para-hydroxylation sites is 1. The number of ether oxygens (including phenoxy) is 1. The molecule has 0 saturated heterocycles. The predicted molar refractivity (Wildman–Crippen MR) is 79.8 cm³/mol. The van der Waals surface area contributed by atoms with Crippen LogP contribution in [0.5, 0.6) is 5.75 Å². The van der Waals surface area contributed by atoms with Crippen molar-refractivity contribution in [2.45, 2.75) is 12.3 Å². The number of nitrogens with two attached hydrogens (primary N) is 1. The molecule has 0 aliphatic rings. The van der Waals surface area contributed by atoms with Crippen LogP contribution in [0.4, 0.5) is 4.39 Å². The second-order valence-corrected chi connectivity index (χ2v) is 4.96. The van der Waals surface area contributed by atoms with E-state index < -0.39 is 0 Å². The lowest BCUT2D eigenvalue weighted by Crippen LogP contribution is -2.15. The molecular weight excluding hydrogens is 277 g/mol. The van der Waals surface area contributed by atoms with Crippen LogP contribution in [0.2, 0.25) is 5.02 Å². The standard InChI is InChI=1S/C16H17ClFNO/c17-15-3-1-2-4-16(15)20-10-9-13(11-19)12-5-7-14(18)8-6-12/h1-8,13H,9-11,19H2. The van der Waals surface area contributed by atoms with Gasteiger partial charge in [0.25, 0.3) is 0 Å². The average Bonchev–Trinajstić information content (AvgIpc) is 2.47. The average molecular weight is 294 g/mol. The summed E-state index contributed by atoms with van der Waals surface area (Å²) in [5.74, 6) is 0.582. The normalized spacial score (nSPS) is 12.2. The molecule has 0 saturated carbocycles. The first-order valence-corrected chi connectivity index (χ1v) is 6.91. The van der Waals surface area contributed by atoms with E-state index >= 15 is 0 Å². The highest BCUT2D eigenvalue weighted by Gasteiger charge is 2.10. The van der Waals surface area contributed by atoms with Crippen molar-refractivity contribution in [2.24, 2.45) is 5.73 Å². The van der Waals surface area contributed by atoms with Crippen molar-refractivity contribution in [3.63, 3.8) is 0 Å². The van der Waals surface area contributed by atoms with Gasteiger partial charge in [-0.2, -0.15) is 0 Å². The van der Waals surface area contributed by atoms with Gasteiger partial charge in [-0.05, 0) is 48.7 Å². The zero-order valence-electron chi connectivity index (χ0n) is 11.1. The fraction of sp³-hybridized carbons (Fsp3) is 0.250. The second kappa shape index (κ2) is 7.27. The van der Waals surface area contributed by atoms with E-state index in [1.54, 1.807) is 18.2 Å². The van der Waals surface area contributed by atoms with E-state index in [1.165, 1.54) is 12.1 Å². The summed E-state index contributed by atoms with van der Waals surface area (Å²) in [6, 6.07) is 13.8. The number of halogens is 2. The monoisotopic (exact) mass is 293 g/mol. The molecule has 1 atom stereocenters. The molecule has 0 aliphatic heterocycles. The van der Waals surface area contributed by atoms with Gasteiger partial charge in [0.1, 0.15) is 11.6 Å². The molecule has 0 fully saturated rings. The Balaban J connectivity index is 1.91. The molecular formula is C16H17ClFNO. The van der Waals surface area contributed by atoms with Gasteiger partial charge in [-0.1, -0.05) is 35.9 Å². The van der Waals surface area contributed by atoms with Crippen LogP contribution in [-0.2, 0) is 0 Å². The number of rotatable bonds is 6. The van der Waals surface area contributed by atoms with Gasteiger partial charge in [0, 0.05) is 0 Å². The van der Waals surface area contributed by atoms with Crippen LogP contribution < -0.4 is 10.5 Å². The molecule has 0 aliphatic carbocycles. The summed E-state index contributed by atoms with van der Waals surface area (Å²) in [5, 5.41) is 0.596. The van der Waals surface area contributed by atoms with Crippen LogP contribution in [0.3, 0.4) is 0 Å². The first-order valence-electron chi connectivity index (χ1n) is 6.53. The van der Waals surface area contributed by atoms with Crippen molar-refractivity contribution in [3.05, 3.63) is 64.9 Å². The topological polar surface area (TPSA) is 35.2 Å². The van der Waals surface area contributed by atoms with Crippen LogP contribution in [0, 0.1) is 5.82 Å². The van der Waals surface area contributed by atoms with Crippen molar-refractivity contribution in [1.82, 2.24) is 0 Å². The van der Waals surface area contributed by atoms with Gasteiger partial charge >= 0.3 is 0 Å². The number of benzene rings is 2. The largest absolute Gasteiger partial charge is 0.492 e. The predicted octanol–water partition coefficient (Wildman–Crippen LogP) is 3.99. The fourth-order valence-electron chi connectivity index (χ4n) is 2.03. The van der Waals surface area contributed by atoms with Crippen molar-refractivity contribution < 1.29 is 9.13 Å². The Hall–Kier alpha value is -1.58. The highest BCUT2D eigenvalue weighted by molar-refractivity contribution is 6.32. The van der Waals surface area contributed by atoms with Crippen molar-refractivity contribution in [3.8, 4) is 5.75 Å². The minimum absolute atomic E-state index is 0.151. The summed E-state index contributed by atoms with van der Waals surface area (Å²) in [4.78, 5) is 0. The minimum atomic E-state index is -0.239. The highest BCUT2D eigenvalue weighted by Crippen LogP contribution is 2.25. The molecule has 0 radical (unpaired) electrons. The third-order valence-corrected chi connectivity index (χ3v) is 3.50. The molecule has 2 aromatic rings. The van der Waals surface area contributed by atoms with Gasteiger partial charge in [0.2, 0.25) is 0 Å². The summed E-state index contributed by atoms with van der Waals surface area (Å²) in [7, 11) is 0. The van der Waals surface area contributed by atoms with E-state index in [2.05, 4.69) is 0 Å². The summed E-state index contributed by atoms with van der Waals surface area (Å²) in [5.41, 5.74) is 6.80. The molecule has 1 unspecified atom stereocenters. The van der Waals surface area contributed by atoms with Crippen molar-refractivity contribution >= 4 is 11.6 Å². The van der Waals surface area contributed by atoms with E-state index in [1.807, 2.05) is 18.2 Å². The summed E-state index contributed by atoms with van der Waals surface area (Å²) in [6.07, 6.45) is 0.757. The van der Waals surface area contributed by atoms with Gasteiger partial charge in [-0.25, -0.2) is 4.39 Å². The molecule has 20 heavy (non-hydrogen) atoms. The Bertz CT molecular complexity index is 544. The zero-order chi connectivity index (χ0) is 14.4. The maximum absolute atomic E-state index is 12.9. The van der Waals surface area contributed by atoms with Crippen LogP contribution in [0.15, 0.2) is 48.5 Å². The lowest BCUT2D eigenvalue weighted by Gasteiger charge is -2.16. The van der Waals surface area contributed by atoms with Crippen LogP contribution in [0.1, 0.15) is 17.9 Å². The Morgan fingerprint density at radius 1 is 1.10 bits per heavy atom. The van der Waals surface area contributed by atoms with Gasteiger partial charge in [-0.15, -0.1) is 0 Å². The fourth-order valence-corrected chi connectivity index (χ4v) is 2.22. The quantitative estimate of drug-likeness (QED) is 0.874. The summed E-state index contributed by atoms with van der Waals surface area (Å²) >= 11 is 6.02. The van der Waals surface area contributed by atoms with E-state index in [9.17, 15) is 4.39 Å². The van der Waals surface area contributed by atoms with Gasteiger partial charge in [0.15, 0.2) is 0 Å². The van der Waals surface area contributed by atoms with Crippen LogP contribution in [-0.4, -0.2) is 13.2 Å². The minimum Gasteiger partial charge on any atom is -0.492 e. The Morgan fingerprint density at radius 2 is 1.80 bits per heavy atom. The molecule has 4 heteroatoms. The molecule has 0 spiro atoms. The summed E-state index contributed by atoms with van der Waals surface area (Å²) in [6.45, 7) is 1.01. The Kier molecular flexibility index (Phi) is 5.39. The molecule has 2 rings (SSSR count). The zero-order valence-corrected chi connectivity index (χ0v) is 11.8. The number of hydrogen-bond acceptors (Lipinski definition) is 2. The molecule has 0 heterocycles. The highest BCUT2D eigenvalue weighted by atomic mass is 35.5. The molecule has 106 valence electrons. The van der Waals surface area contributed by atoms with Crippen molar-refractivity contribution in [2.75, 3.05) is 13.2 Å². The number of hydrogen-bond donors (Lipinski definition) is 1. The van der Waals surface area contributed by atoms with E-state index in [4.69, 9.17) is 22.1 Å². The van der Waals surface area contributed by atoms with Gasteiger partial charge in [0.05, 0.1) is 11.6 Å². The first-order chi connectivity index (χ1) is 9.70. The molecule has 2 nitrogen and oxygen atoms in total. The Labute approximate surface area is 123 Å². The SMILES string of the molecule is NCC(CCOc1ccccc1Cl)c1ccc(F)cc1. The van der Waals surface area contributed by atoms with Crippen LogP contribution >= 0.6 is 11.6 Å². The molecule has 0 amide bonds. The summed E-state index contributed by atoms with van der Waals surface area (Å²) < 4.78 is 18.6. The van der Waals surface area contributed by atoms with Gasteiger partial charge in [-0.3, -0.25) is 0 Å². The van der Waals surface area contributed by atoms with E-state index in [-0.39, 0.29) is 11.7 Å². The lowest BCUT2D eigenvalue weighted by atomic mass is 9.96.